The van der Waals surface area contributed by atoms with Gasteiger partial charge in [0, 0.05) is 18.4 Å². The second-order valence-electron chi connectivity index (χ2n) is 7.56. The standard InChI is InChI=1S/C19H31N3O2S/c1-2-16-25(23,24)22-14-12-21(13-15-22)19-8-10-20(11-9-19)17-18-6-4-3-5-7-18/h3-7,19H,2,8-17H2,1H3/p+2. The molecule has 0 spiro atoms. The Balaban J connectivity index is 1.43. The SMILES string of the molecule is CCCS(=O)(=O)N1CC[NH+](C2CC[NH+](Cc3ccccc3)CC2)CC1. The first kappa shape index (κ1) is 18.8. The molecule has 1 aromatic carbocycles. The molecule has 2 heterocycles. The summed E-state index contributed by atoms with van der Waals surface area (Å²) in [4.78, 5) is 3.31. The Labute approximate surface area is 152 Å². The van der Waals surface area contributed by atoms with Crippen molar-refractivity contribution in [3.05, 3.63) is 35.9 Å². The van der Waals surface area contributed by atoms with Gasteiger partial charge in [-0.2, -0.15) is 4.31 Å². The van der Waals surface area contributed by atoms with Crippen molar-refractivity contribution in [1.82, 2.24) is 4.31 Å². The molecule has 0 unspecified atom stereocenters. The van der Waals surface area contributed by atoms with Crippen molar-refractivity contribution < 1.29 is 18.2 Å². The van der Waals surface area contributed by atoms with Gasteiger partial charge >= 0.3 is 0 Å². The average Bonchev–Trinajstić information content (AvgIpc) is 2.63. The minimum absolute atomic E-state index is 0.295. The van der Waals surface area contributed by atoms with Gasteiger partial charge in [0.05, 0.1) is 51.1 Å². The number of rotatable bonds is 6. The van der Waals surface area contributed by atoms with Gasteiger partial charge in [-0.05, 0) is 6.42 Å². The van der Waals surface area contributed by atoms with Crippen molar-refractivity contribution in [3.8, 4) is 0 Å². The average molecular weight is 368 g/mol. The fourth-order valence-electron chi connectivity index (χ4n) is 4.34. The van der Waals surface area contributed by atoms with Crippen molar-refractivity contribution in [1.29, 1.82) is 0 Å². The number of hydrogen-bond acceptors (Lipinski definition) is 2. The molecule has 0 aromatic heterocycles. The number of piperidine rings is 1. The summed E-state index contributed by atoms with van der Waals surface area (Å²) in [5.41, 5.74) is 1.43. The third kappa shape index (κ3) is 5.03. The lowest BCUT2D eigenvalue weighted by Crippen LogP contribution is -3.21. The smallest absolute Gasteiger partial charge is 0.214 e. The van der Waals surface area contributed by atoms with E-state index in [0.29, 0.717) is 25.3 Å². The highest BCUT2D eigenvalue weighted by atomic mass is 32.2. The zero-order valence-electron chi connectivity index (χ0n) is 15.4. The number of likely N-dealkylation sites (tertiary alicyclic amines) is 1. The molecule has 2 aliphatic heterocycles. The molecule has 6 heteroatoms. The first-order valence-corrected chi connectivity index (χ1v) is 11.4. The summed E-state index contributed by atoms with van der Waals surface area (Å²) in [6.07, 6.45) is 3.23. The molecule has 0 saturated carbocycles. The van der Waals surface area contributed by atoms with Crippen molar-refractivity contribution in [2.45, 2.75) is 38.8 Å². The Morgan fingerprint density at radius 2 is 1.68 bits per heavy atom. The minimum Gasteiger partial charge on any atom is -0.331 e. The van der Waals surface area contributed by atoms with Crippen LogP contribution in [-0.2, 0) is 16.6 Å². The Morgan fingerprint density at radius 1 is 1.04 bits per heavy atom. The number of hydrogen-bond donors (Lipinski definition) is 2. The number of nitrogens with zero attached hydrogens (tertiary/aromatic N) is 1. The normalized spacial score (nSPS) is 26.6. The van der Waals surface area contributed by atoms with Crippen LogP contribution >= 0.6 is 0 Å². The van der Waals surface area contributed by atoms with Gasteiger partial charge in [-0.25, -0.2) is 8.42 Å². The van der Waals surface area contributed by atoms with E-state index in [1.807, 2.05) is 6.92 Å². The van der Waals surface area contributed by atoms with Crippen LogP contribution in [0.3, 0.4) is 0 Å². The summed E-state index contributed by atoms with van der Waals surface area (Å²) in [6.45, 7) is 8.89. The molecular weight excluding hydrogens is 334 g/mol. The Kier molecular flexibility index (Phi) is 6.49. The number of benzene rings is 1. The van der Waals surface area contributed by atoms with E-state index < -0.39 is 10.0 Å². The van der Waals surface area contributed by atoms with Crippen LogP contribution in [0.25, 0.3) is 0 Å². The molecule has 2 N–H and O–H groups in total. The third-order valence-corrected chi connectivity index (χ3v) is 7.86. The van der Waals surface area contributed by atoms with Gasteiger partial charge in [-0.15, -0.1) is 0 Å². The van der Waals surface area contributed by atoms with Gasteiger partial charge in [0.2, 0.25) is 10.0 Å². The van der Waals surface area contributed by atoms with Crippen molar-refractivity contribution in [2.24, 2.45) is 0 Å². The maximum Gasteiger partial charge on any atom is 0.214 e. The van der Waals surface area contributed by atoms with Crippen LogP contribution in [0.15, 0.2) is 30.3 Å². The summed E-state index contributed by atoms with van der Waals surface area (Å²) in [7, 11) is -3.02. The topological polar surface area (TPSA) is 46.3 Å². The van der Waals surface area contributed by atoms with Crippen LogP contribution in [0.1, 0.15) is 31.7 Å². The highest BCUT2D eigenvalue weighted by Gasteiger charge is 2.34. The summed E-state index contributed by atoms with van der Waals surface area (Å²) < 4.78 is 26.1. The molecule has 140 valence electrons. The lowest BCUT2D eigenvalue weighted by molar-refractivity contribution is -0.965. The molecule has 0 aliphatic carbocycles. The monoisotopic (exact) mass is 367 g/mol. The summed E-state index contributed by atoms with van der Waals surface area (Å²) in [5.74, 6) is 0.295. The molecule has 25 heavy (non-hydrogen) atoms. The van der Waals surface area contributed by atoms with Gasteiger partial charge in [-0.1, -0.05) is 37.3 Å². The first-order chi connectivity index (χ1) is 12.1. The molecule has 0 amide bonds. The van der Waals surface area contributed by atoms with Crippen molar-refractivity contribution in [3.63, 3.8) is 0 Å². The van der Waals surface area contributed by atoms with Gasteiger partial charge in [0.1, 0.15) is 6.54 Å². The van der Waals surface area contributed by atoms with Gasteiger partial charge in [-0.3, -0.25) is 0 Å². The molecule has 1 aromatic rings. The second kappa shape index (κ2) is 8.62. The molecule has 2 saturated heterocycles. The van der Waals surface area contributed by atoms with Crippen LogP contribution in [-0.4, -0.2) is 63.8 Å². The second-order valence-corrected chi connectivity index (χ2v) is 9.65. The Bertz CT molecular complexity index is 619. The fraction of sp³-hybridized carbons (Fsp3) is 0.684. The predicted octanol–water partition coefficient (Wildman–Crippen LogP) is -0.826. The number of sulfonamides is 1. The fourth-order valence-corrected chi connectivity index (χ4v) is 5.86. The van der Waals surface area contributed by atoms with Crippen molar-refractivity contribution >= 4 is 10.0 Å². The van der Waals surface area contributed by atoms with E-state index in [2.05, 4.69) is 30.3 Å². The zero-order chi connectivity index (χ0) is 17.7. The molecule has 0 radical (unpaired) electrons. The van der Waals surface area contributed by atoms with Crippen LogP contribution in [0.4, 0.5) is 0 Å². The summed E-state index contributed by atoms with van der Waals surface area (Å²) in [6, 6.07) is 11.5. The summed E-state index contributed by atoms with van der Waals surface area (Å²) in [5, 5.41) is 0. The van der Waals surface area contributed by atoms with Crippen LogP contribution in [0, 0.1) is 0 Å². The van der Waals surface area contributed by atoms with Gasteiger partial charge < -0.3 is 9.80 Å². The molecule has 0 atom stereocenters. The van der Waals surface area contributed by atoms with Crippen LogP contribution in [0.5, 0.6) is 0 Å². The van der Waals surface area contributed by atoms with Crippen LogP contribution < -0.4 is 9.80 Å². The molecule has 5 nitrogen and oxygen atoms in total. The highest BCUT2D eigenvalue weighted by molar-refractivity contribution is 7.89. The number of nitrogens with one attached hydrogen (secondary N) is 2. The first-order valence-electron chi connectivity index (χ1n) is 9.78. The molecule has 2 fully saturated rings. The number of piperazine rings is 1. The van der Waals surface area contributed by atoms with E-state index in [4.69, 9.17) is 0 Å². The quantitative estimate of drug-likeness (QED) is 0.690. The summed E-state index contributed by atoms with van der Waals surface area (Å²) >= 11 is 0. The van der Waals surface area contributed by atoms with Crippen LogP contribution in [0.2, 0.25) is 0 Å². The lowest BCUT2D eigenvalue weighted by Gasteiger charge is -2.38. The van der Waals surface area contributed by atoms with Gasteiger partial charge in [0.15, 0.2) is 0 Å². The largest absolute Gasteiger partial charge is 0.331 e. The van der Waals surface area contributed by atoms with E-state index in [1.54, 1.807) is 14.1 Å². The van der Waals surface area contributed by atoms with E-state index in [1.165, 1.54) is 31.5 Å². The molecule has 0 bridgehead atoms. The Morgan fingerprint density at radius 3 is 2.28 bits per heavy atom. The molecular formula is C19H33N3O2S+2. The Hall–Kier alpha value is -0.950. The van der Waals surface area contributed by atoms with Crippen molar-refractivity contribution in [2.75, 3.05) is 45.0 Å². The van der Waals surface area contributed by atoms with E-state index in [0.717, 1.165) is 25.7 Å². The predicted molar refractivity (Wildman–Crippen MR) is 100 cm³/mol. The molecule has 3 rings (SSSR count). The van der Waals surface area contributed by atoms with Gasteiger partial charge in [0.25, 0.3) is 0 Å². The van der Waals surface area contributed by atoms with E-state index in [9.17, 15) is 8.42 Å². The lowest BCUT2D eigenvalue weighted by atomic mass is 10.0. The van der Waals surface area contributed by atoms with E-state index >= 15 is 0 Å². The maximum atomic E-state index is 12.2. The minimum atomic E-state index is -3.02. The maximum absolute atomic E-state index is 12.2. The highest BCUT2D eigenvalue weighted by Crippen LogP contribution is 2.05. The zero-order valence-corrected chi connectivity index (χ0v) is 16.2. The van der Waals surface area contributed by atoms with E-state index in [-0.39, 0.29) is 0 Å². The third-order valence-electron chi connectivity index (χ3n) is 5.79. The molecule has 2 aliphatic rings. The number of quaternary nitrogens is 2.